The van der Waals surface area contributed by atoms with Crippen molar-refractivity contribution < 1.29 is 0 Å². The SMILES string of the molecule is CC1C(C#N)C(N)CN1Cc1ccccc1. The van der Waals surface area contributed by atoms with E-state index in [1.54, 1.807) is 0 Å². The van der Waals surface area contributed by atoms with Gasteiger partial charge in [0.05, 0.1) is 12.0 Å². The average Bonchev–Trinajstić information content (AvgIpc) is 2.55. The van der Waals surface area contributed by atoms with Crippen LogP contribution < -0.4 is 5.73 Å². The van der Waals surface area contributed by atoms with Crippen molar-refractivity contribution in [2.24, 2.45) is 11.7 Å². The van der Waals surface area contributed by atoms with Gasteiger partial charge >= 0.3 is 0 Å². The van der Waals surface area contributed by atoms with Gasteiger partial charge in [-0.05, 0) is 12.5 Å². The molecular weight excluding hydrogens is 198 g/mol. The van der Waals surface area contributed by atoms with Crippen LogP contribution in [0, 0.1) is 17.2 Å². The molecule has 1 aromatic rings. The normalized spacial score (nSPS) is 30.2. The number of nitrogens with two attached hydrogens (primary N) is 1. The van der Waals surface area contributed by atoms with E-state index in [-0.39, 0.29) is 18.0 Å². The molecule has 1 fully saturated rings. The molecule has 2 N–H and O–H groups in total. The Labute approximate surface area is 96.5 Å². The van der Waals surface area contributed by atoms with E-state index < -0.39 is 0 Å². The summed E-state index contributed by atoms with van der Waals surface area (Å²) in [6.45, 7) is 3.78. The maximum absolute atomic E-state index is 9.03. The summed E-state index contributed by atoms with van der Waals surface area (Å²) in [5.41, 5.74) is 7.24. The number of nitrogens with zero attached hydrogens (tertiary/aromatic N) is 2. The summed E-state index contributed by atoms with van der Waals surface area (Å²) < 4.78 is 0. The molecule has 0 amide bonds. The van der Waals surface area contributed by atoms with E-state index in [0.717, 1.165) is 13.1 Å². The zero-order valence-electron chi connectivity index (χ0n) is 9.50. The quantitative estimate of drug-likeness (QED) is 0.810. The summed E-state index contributed by atoms with van der Waals surface area (Å²) >= 11 is 0. The molecule has 1 aliphatic rings. The minimum atomic E-state index is -0.0382. The van der Waals surface area contributed by atoms with Crippen LogP contribution >= 0.6 is 0 Å². The second-order valence-corrected chi connectivity index (χ2v) is 4.47. The largest absolute Gasteiger partial charge is 0.325 e. The topological polar surface area (TPSA) is 53.1 Å². The van der Waals surface area contributed by atoms with Crippen molar-refractivity contribution in [2.45, 2.75) is 25.6 Å². The van der Waals surface area contributed by atoms with E-state index in [1.807, 2.05) is 18.2 Å². The fraction of sp³-hybridized carbons (Fsp3) is 0.462. The van der Waals surface area contributed by atoms with Crippen LogP contribution in [0.2, 0.25) is 0 Å². The number of rotatable bonds is 2. The van der Waals surface area contributed by atoms with Crippen LogP contribution in [0.25, 0.3) is 0 Å². The summed E-state index contributed by atoms with van der Waals surface area (Å²) in [5, 5.41) is 9.03. The lowest BCUT2D eigenvalue weighted by atomic mass is 10.0. The summed E-state index contributed by atoms with van der Waals surface area (Å²) in [6.07, 6.45) is 0. The average molecular weight is 215 g/mol. The van der Waals surface area contributed by atoms with E-state index >= 15 is 0 Å². The summed E-state index contributed by atoms with van der Waals surface area (Å²) in [6, 6.07) is 12.9. The Hall–Kier alpha value is -1.37. The second-order valence-electron chi connectivity index (χ2n) is 4.47. The van der Waals surface area contributed by atoms with Crippen LogP contribution in [0.15, 0.2) is 30.3 Å². The van der Waals surface area contributed by atoms with Crippen LogP contribution in [0.4, 0.5) is 0 Å². The van der Waals surface area contributed by atoms with Gasteiger partial charge in [0, 0.05) is 25.2 Å². The predicted octanol–water partition coefficient (Wildman–Crippen LogP) is 1.36. The van der Waals surface area contributed by atoms with Crippen LogP contribution in [0.1, 0.15) is 12.5 Å². The molecule has 3 unspecified atom stereocenters. The number of benzene rings is 1. The second kappa shape index (κ2) is 4.65. The molecule has 0 bridgehead atoms. The molecule has 16 heavy (non-hydrogen) atoms. The van der Waals surface area contributed by atoms with Gasteiger partial charge in [0.2, 0.25) is 0 Å². The lowest BCUT2D eigenvalue weighted by Crippen LogP contribution is -2.29. The predicted molar refractivity (Wildman–Crippen MR) is 63.4 cm³/mol. The lowest BCUT2D eigenvalue weighted by molar-refractivity contribution is 0.247. The van der Waals surface area contributed by atoms with Crippen LogP contribution in [-0.4, -0.2) is 23.5 Å². The molecule has 84 valence electrons. The third-order valence-electron chi connectivity index (χ3n) is 3.38. The van der Waals surface area contributed by atoms with Gasteiger partial charge in [-0.2, -0.15) is 5.26 Å². The minimum Gasteiger partial charge on any atom is -0.325 e. The van der Waals surface area contributed by atoms with Crippen molar-refractivity contribution in [3.63, 3.8) is 0 Å². The minimum absolute atomic E-state index is 0.0105. The molecule has 0 saturated carbocycles. The molecule has 1 saturated heterocycles. The first-order chi connectivity index (χ1) is 7.72. The smallest absolute Gasteiger partial charge is 0.0779 e. The maximum Gasteiger partial charge on any atom is 0.0779 e. The summed E-state index contributed by atoms with van der Waals surface area (Å²) in [5.74, 6) is -0.0382. The third kappa shape index (κ3) is 2.08. The van der Waals surface area contributed by atoms with Gasteiger partial charge in [-0.1, -0.05) is 30.3 Å². The summed E-state index contributed by atoms with van der Waals surface area (Å²) in [7, 11) is 0. The highest BCUT2D eigenvalue weighted by molar-refractivity contribution is 5.16. The molecule has 3 nitrogen and oxygen atoms in total. The fourth-order valence-electron chi connectivity index (χ4n) is 2.37. The van der Waals surface area contributed by atoms with E-state index in [1.165, 1.54) is 5.56 Å². The first-order valence-corrected chi connectivity index (χ1v) is 5.65. The monoisotopic (exact) mass is 215 g/mol. The molecule has 0 aromatic heterocycles. The van der Waals surface area contributed by atoms with Crippen LogP contribution in [0.5, 0.6) is 0 Å². The van der Waals surface area contributed by atoms with Gasteiger partial charge in [0.1, 0.15) is 0 Å². The number of hydrogen-bond donors (Lipinski definition) is 1. The van der Waals surface area contributed by atoms with Crippen LogP contribution in [-0.2, 0) is 6.54 Å². The Morgan fingerprint density at radius 3 is 2.69 bits per heavy atom. The van der Waals surface area contributed by atoms with Crippen molar-refractivity contribution in [1.29, 1.82) is 5.26 Å². The molecule has 1 aliphatic heterocycles. The van der Waals surface area contributed by atoms with Crippen molar-refractivity contribution in [3.05, 3.63) is 35.9 Å². The Morgan fingerprint density at radius 2 is 2.12 bits per heavy atom. The first-order valence-electron chi connectivity index (χ1n) is 5.65. The first kappa shape index (κ1) is 11.1. The zero-order valence-corrected chi connectivity index (χ0v) is 9.50. The van der Waals surface area contributed by atoms with E-state index in [4.69, 9.17) is 11.0 Å². The van der Waals surface area contributed by atoms with Crippen molar-refractivity contribution in [1.82, 2.24) is 4.90 Å². The highest BCUT2D eigenvalue weighted by Crippen LogP contribution is 2.24. The highest BCUT2D eigenvalue weighted by Gasteiger charge is 2.36. The highest BCUT2D eigenvalue weighted by atomic mass is 15.2. The number of nitriles is 1. The molecule has 3 heteroatoms. The Kier molecular flexibility index (Phi) is 3.23. The molecular formula is C13H17N3. The van der Waals surface area contributed by atoms with Gasteiger partial charge in [0.25, 0.3) is 0 Å². The Balaban J connectivity index is 2.05. The third-order valence-corrected chi connectivity index (χ3v) is 3.38. The van der Waals surface area contributed by atoms with Crippen LogP contribution in [0.3, 0.4) is 0 Å². The van der Waals surface area contributed by atoms with Crippen molar-refractivity contribution in [2.75, 3.05) is 6.54 Å². The summed E-state index contributed by atoms with van der Waals surface area (Å²) in [4.78, 5) is 2.29. The Bertz CT molecular complexity index is 382. The zero-order chi connectivity index (χ0) is 11.5. The Morgan fingerprint density at radius 1 is 1.44 bits per heavy atom. The van der Waals surface area contributed by atoms with Crippen molar-refractivity contribution >= 4 is 0 Å². The van der Waals surface area contributed by atoms with Crippen molar-refractivity contribution in [3.8, 4) is 6.07 Å². The van der Waals surface area contributed by atoms with Gasteiger partial charge in [0.15, 0.2) is 0 Å². The van der Waals surface area contributed by atoms with Gasteiger partial charge in [-0.25, -0.2) is 0 Å². The lowest BCUT2D eigenvalue weighted by Gasteiger charge is -2.21. The van der Waals surface area contributed by atoms with Gasteiger partial charge in [-0.15, -0.1) is 0 Å². The van der Waals surface area contributed by atoms with E-state index in [9.17, 15) is 0 Å². The number of hydrogen-bond acceptors (Lipinski definition) is 3. The molecule has 3 atom stereocenters. The molecule has 1 heterocycles. The molecule has 0 spiro atoms. The van der Waals surface area contributed by atoms with E-state index in [0.29, 0.717) is 0 Å². The molecule has 0 aliphatic carbocycles. The maximum atomic E-state index is 9.03. The molecule has 0 radical (unpaired) electrons. The number of likely N-dealkylation sites (tertiary alicyclic amines) is 1. The van der Waals surface area contributed by atoms with Gasteiger partial charge in [-0.3, -0.25) is 4.90 Å². The standard InChI is InChI=1S/C13H17N3/c1-10-12(7-14)13(15)9-16(10)8-11-5-3-2-4-6-11/h2-6,10,12-13H,8-9,15H2,1H3. The van der Waals surface area contributed by atoms with Gasteiger partial charge < -0.3 is 5.73 Å². The van der Waals surface area contributed by atoms with E-state index in [2.05, 4.69) is 30.0 Å². The molecule has 1 aromatic carbocycles. The fourth-order valence-corrected chi connectivity index (χ4v) is 2.37. The molecule has 2 rings (SSSR count).